The van der Waals surface area contributed by atoms with Crippen LogP contribution in [0.5, 0.6) is 0 Å². The van der Waals surface area contributed by atoms with Crippen LogP contribution in [0.4, 0.5) is 5.69 Å². The Labute approximate surface area is 379 Å². The van der Waals surface area contributed by atoms with Gasteiger partial charge in [-0.3, -0.25) is 23.7 Å². The second-order valence-corrected chi connectivity index (χ2v) is 15.3. The Kier molecular flexibility index (Phi) is 13.1. The predicted octanol–water partition coefficient (Wildman–Crippen LogP) is 5.15. The Morgan fingerprint density at radius 1 is 0.768 bits per heavy atom. The molecule has 0 bridgehead atoms. The number of rotatable bonds is 6. The summed E-state index contributed by atoms with van der Waals surface area (Å²) in [6, 6.07) is 21.7. The number of hydrogen-bond acceptors (Lipinski definition) is 5. The molecule has 4 N–H and O–H groups in total. The van der Waals surface area contributed by atoms with Gasteiger partial charge in [-0.15, -0.1) is 0 Å². The number of nitrogens with zero attached hydrogens (tertiary/aromatic N) is 6. The quantitative estimate of drug-likeness (QED) is 0.180. The average Bonchev–Trinajstić information content (AvgIpc) is 4.00. The van der Waals surface area contributed by atoms with Gasteiger partial charge in [0.15, 0.2) is 5.69 Å². The van der Waals surface area contributed by atoms with Crippen molar-refractivity contribution in [3.05, 3.63) is 130 Å². The third-order valence-electron chi connectivity index (χ3n) is 10.9. The van der Waals surface area contributed by atoms with Gasteiger partial charge in [0.2, 0.25) is 5.91 Å². The van der Waals surface area contributed by atoms with Crippen LogP contribution in [0, 0.1) is 14.0 Å². The Bertz CT molecular complexity index is 2360. The van der Waals surface area contributed by atoms with Gasteiger partial charge in [0.1, 0.15) is 11.4 Å². The van der Waals surface area contributed by atoms with Crippen LogP contribution in [0.25, 0.3) is 27.4 Å². The number of nitrogens with two attached hydrogens (primary N) is 2. The summed E-state index contributed by atoms with van der Waals surface area (Å²) >= 11 is 12.2. The van der Waals surface area contributed by atoms with Crippen molar-refractivity contribution in [1.29, 1.82) is 0 Å². The van der Waals surface area contributed by atoms with Crippen LogP contribution in [0.3, 0.4) is 0 Å². The molecule has 56 heavy (non-hydrogen) atoms. The van der Waals surface area contributed by atoms with Crippen molar-refractivity contribution < 1.29 is 65.8 Å². The van der Waals surface area contributed by atoms with Crippen molar-refractivity contribution in [2.24, 2.45) is 11.5 Å². The summed E-state index contributed by atoms with van der Waals surface area (Å²) in [5.41, 5.74) is 18.0. The van der Waals surface area contributed by atoms with Gasteiger partial charge in [0.25, 0.3) is 11.8 Å². The molecule has 4 aliphatic rings. The first-order chi connectivity index (χ1) is 25.5. The van der Waals surface area contributed by atoms with E-state index in [0.717, 1.165) is 67.3 Å². The van der Waals surface area contributed by atoms with Crippen molar-refractivity contribution in [3.63, 3.8) is 0 Å². The van der Waals surface area contributed by atoms with Crippen molar-refractivity contribution >= 4 is 46.6 Å². The van der Waals surface area contributed by atoms with Crippen LogP contribution < -0.4 is 62.9 Å². The molecule has 5 aromatic rings. The summed E-state index contributed by atoms with van der Waals surface area (Å²) in [5, 5.41) is 10.7. The number of primary amides is 2. The third-order valence-corrected chi connectivity index (χ3v) is 11.3. The zero-order valence-electron chi connectivity index (χ0n) is 30.8. The van der Waals surface area contributed by atoms with E-state index in [0.29, 0.717) is 50.5 Å². The molecule has 284 valence electrons. The maximum absolute atomic E-state index is 13.2. The number of fused-ring (bicyclic) bond motifs is 4. The first-order valence-electron chi connectivity index (χ1n) is 17.6. The molecule has 0 radical (unpaired) electrons. The Morgan fingerprint density at radius 3 is 1.77 bits per heavy atom. The van der Waals surface area contributed by atoms with Crippen LogP contribution in [-0.2, 0) is 35.3 Å². The van der Waals surface area contributed by atoms with Gasteiger partial charge in [-0.1, -0.05) is 79.2 Å². The molecule has 9 rings (SSSR count). The zero-order valence-corrected chi connectivity index (χ0v) is 35.5. The van der Waals surface area contributed by atoms with E-state index in [2.05, 4.69) is 9.53 Å². The first kappa shape index (κ1) is 43.3. The average molecular weight is 818 g/mol. The minimum atomic E-state index is -0.568. The fourth-order valence-electron chi connectivity index (χ4n) is 7.88. The molecule has 0 atom stereocenters. The number of amides is 3. The molecular weight excluding hydrogens is 775 g/mol. The second-order valence-electron chi connectivity index (χ2n) is 14.4. The zero-order chi connectivity index (χ0) is 37.1. The van der Waals surface area contributed by atoms with Gasteiger partial charge in [0.05, 0.1) is 53.1 Å². The van der Waals surface area contributed by atoms with E-state index in [9.17, 15) is 14.4 Å². The number of halogens is 2. The molecule has 0 unspecified atom stereocenters. The fraction of sp³-hybridized carbons (Fsp3) is 0.310. The van der Waals surface area contributed by atoms with Gasteiger partial charge in [-0.25, -0.2) is 4.85 Å². The van der Waals surface area contributed by atoms with E-state index in [-0.39, 0.29) is 96.2 Å². The summed E-state index contributed by atoms with van der Waals surface area (Å²) in [4.78, 5) is 42.8. The second kappa shape index (κ2) is 17.0. The summed E-state index contributed by atoms with van der Waals surface area (Å²) in [7, 11) is 0. The van der Waals surface area contributed by atoms with E-state index < -0.39 is 11.8 Å². The molecule has 3 aromatic carbocycles. The third kappa shape index (κ3) is 8.14. The van der Waals surface area contributed by atoms with Gasteiger partial charge in [0, 0.05) is 27.7 Å². The Morgan fingerprint density at radius 2 is 1.29 bits per heavy atom. The fourth-order valence-corrected chi connectivity index (χ4v) is 8.26. The maximum Gasteiger partial charge on any atom is 1.00 e. The topological polar surface area (TPSA) is 146 Å². The minimum absolute atomic E-state index is 0. The van der Waals surface area contributed by atoms with Crippen LogP contribution in [-0.4, -0.2) is 48.7 Å². The smallest absolute Gasteiger partial charge is 0.365 e. The molecule has 2 aromatic heterocycles. The molecule has 0 saturated heterocycles. The molecule has 11 nitrogen and oxygen atoms in total. The molecule has 2 fully saturated rings. The SMILES string of the molecule is C.NC(=O)c1c(-c2cccc(Cl)c2)nn2c1CCCC21CC1.[C-]#[N+]c1ccc(CC(=O)N2Cc3c(C(N)=O)c(-c4cccc(Cl)c4)nn3C3(CC3)C2)cc1.[CH3-].[K+]. The first-order valence-corrected chi connectivity index (χ1v) is 18.4. The number of aromatic nitrogens is 4. The number of carbonyl (C=O) groups is 3. The van der Waals surface area contributed by atoms with E-state index in [1.54, 1.807) is 41.3 Å². The van der Waals surface area contributed by atoms with Crippen LogP contribution >= 0.6 is 23.2 Å². The molecule has 2 spiro atoms. The minimum Gasteiger partial charge on any atom is -0.365 e. The predicted molar refractivity (Wildman–Crippen MR) is 215 cm³/mol. The largest absolute Gasteiger partial charge is 1.00 e. The van der Waals surface area contributed by atoms with Crippen molar-refractivity contribution in [3.8, 4) is 22.5 Å². The van der Waals surface area contributed by atoms with Crippen LogP contribution in [0.2, 0.25) is 10.0 Å². The van der Waals surface area contributed by atoms with Crippen LogP contribution in [0.15, 0.2) is 72.8 Å². The number of carbonyl (C=O) groups excluding carboxylic acids is 3. The Balaban J connectivity index is 0.000000219. The maximum atomic E-state index is 13.2. The molecule has 2 saturated carbocycles. The van der Waals surface area contributed by atoms with E-state index in [4.69, 9.17) is 51.4 Å². The Hall–Kier alpha value is -3.80. The molecule has 2 aliphatic carbocycles. The molecule has 4 heterocycles. The van der Waals surface area contributed by atoms with E-state index in [1.807, 2.05) is 41.1 Å². The summed E-state index contributed by atoms with van der Waals surface area (Å²) < 4.78 is 3.99. The molecular formula is C42H43Cl2KN8O3. The van der Waals surface area contributed by atoms with Crippen molar-refractivity contribution in [2.75, 3.05) is 6.54 Å². The monoisotopic (exact) mass is 816 g/mol. The summed E-state index contributed by atoms with van der Waals surface area (Å²) in [6.07, 6.45) is 7.42. The van der Waals surface area contributed by atoms with E-state index >= 15 is 0 Å². The van der Waals surface area contributed by atoms with Gasteiger partial charge < -0.3 is 23.8 Å². The standard InChI is InChI=1S/C24H20ClN5O2.C16H16ClN3O.CH4.CH3.K/c1-27-18-7-5-15(6-8-18)11-20(31)29-13-19-21(23(26)32)22(16-3-2-4-17(25)12-16)28-30(19)24(14-29)9-10-24;17-11-4-1-3-10(9-11)14-13(15(18)21)12-5-2-6-16(7-8-16)20(12)19-14;;;/h2-8,12H,9-11,13-14H2,(H2,26,32);1,3-4,9H,2,5-8H2,(H2,18,21);1H4;1H3;/q;;;-1;+1. The number of benzene rings is 3. The normalized spacial score (nSPS) is 16.0. The molecule has 2 aliphatic heterocycles. The van der Waals surface area contributed by atoms with Crippen molar-refractivity contribution in [2.45, 2.75) is 76.4 Å². The van der Waals surface area contributed by atoms with Crippen molar-refractivity contribution in [1.82, 2.24) is 24.5 Å². The van der Waals surface area contributed by atoms with E-state index in [1.165, 1.54) is 0 Å². The summed E-state index contributed by atoms with van der Waals surface area (Å²) in [6.45, 7) is 7.88. The van der Waals surface area contributed by atoms with Gasteiger partial charge in [-0.05, 0) is 74.8 Å². The van der Waals surface area contributed by atoms with Crippen LogP contribution in [0.1, 0.15) is 83.6 Å². The molecule has 3 amide bonds. The van der Waals surface area contributed by atoms with Gasteiger partial charge in [-0.2, -0.15) is 10.2 Å². The number of hydrogen-bond donors (Lipinski definition) is 2. The molecule has 14 heteroatoms. The van der Waals surface area contributed by atoms with Gasteiger partial charge >= 0.3 is 51.4 Å². The summed E-state index contributed by atoms with van der Waals surface area (Å²) in [5.74, 6) is -0.996.